The number of aromatic nitrogens is 3. The van der Waals surface area contributed by atoms with Crippen molar-refractivity contribution < 1.29 is 4.74 Å². The molecule has 1 aliphatic carbocycles. The molecule has 2 aliphatic rings. The van der Waals surface area contributed by atoms with Crippen molar-refractivity contribution in [2.45, 2.75) is 58.2 Å². The summed E-state index contributed by atoms with van der Waals surface area (Å²) in [6.07, 6.45) is 5.60. The average molecular weight is 397 g/mol. The summed E-state index contributed by atoms with van der Waals surface area (Å²) in [6.45, 7) is 5.12. The zero-order valence-electron chi connectivity index (χ0n) is 17.5. The second kappa shape index (κ2) is 8.95. The second-order valence-electron chi connectivity index (χ2n) is 8.30. The van der Waals surface area contributed by atoms with Gasteiger partial charge in [0.25, 0.3) is 0 Å². The summed E-state index contributed by atoms with van der Waals surface area (Å²) < 4.78 is 7.17. The first-order valence-electron chi connectivity index (χ1n) is 10.7. The van der Waals surface area contributed by atoms with Crippen LogP contribution in [0.2, 0.25) is 0 Å². The molecule has 1 unspecified atom stereocenters. The van der Waals surface area contributed by atoms with Crippen LogP contribution >= 0.6 is 0 Å². The van der Waals surface area contributed by atoms with Crippen molar-refractivity contribution in [3.63, 3.8) is 0 Å². The Morgan fingerprint density at radius 1 is 1.31 bits per heavy atom. The number of guanidine groups is 1. The Hall–Kier alpha value is -2.41. The first-order chi connectivity index (χ1) is 14.2. The van der Waals surface area contributed by atoms with E-state index in [1.807, 2.05) is 4.68 Å². The number of ether oxygens (including phenoxy) is 1. The Balaban J connectivity index is 1.36. The number of fused-ring (bicyclic) bond motifs is 1. The minimum Gasteiger partial charge on any atom is -0.377 e. The predicted molar refractivity (Wildman–Crippen MR) is 114 cm³/mol. The van der Waals surface area contributed by atoms with Crippen molar-refractivity contribution in [3.8, 4) is 0 Å². The number of rotatable bonds is 8. The highest BCUT2D eigenvalue weighted by molar-refractivity contribution is 5.80. The summed E-state index contributed by atoms with van der Waals surface area (Å²) >= 11 is 0. The lowest BCUT2D eigenvalue weighted by Gasteiger charge is -2.25. The largest absolute Gasteiger partial charge is 0.377 e. The normalized spacial score (nSPS) is 20.2. The zero-order valence-corrected chi connectivity index (χ0v) is 17.5. The molecule has 1 aliphatic heterocycles. The lowest BCUT2D eigenvalue weighted by molar-refractivity contribution is 0.177. The first-order valence-corrected chi connectivity index (χ1v) is 10.7. The molecule has 4 rings (SSSR count). The summed E-state index contributed by atoms with van der Waals surface area (Å²) in [5.41, 5.74) is 1.75. The Morgan fingerprint density at radius 2 is 2.14 bits per heavy atom. The molecule has 2 N–H and O–H groups in total. The van der Waals surface area contributed by atoms with E-state index in [4.69, 9.17) is 9.73 Å². The van der Waals surface area contributed by atoms with Gasteiger partial charge < -0.3 is 15.4 Å². The van der Waals surface area contributed by atoms with Gasteiger partial charge in [-0.05, 0) is 43.6 Å². The van der Waals surface area contributed by atoms with Gasteiger partial charge in [0.15, 0.2) is 11.8 Å². The number of hydrogen-bond donors (Lipinski definition) is 2. The fraction of sp³-hybridized carbons (Fsp3) is 0.591. The molecule has 0 amide bonds. The zero-order chi connectivity index (χ0) is 20.1. The van der Waals surface area contributed by atoms with Crippen LogP contribution in [-0.2, 0) is 30.7 Å². The molecule has 29 heavy (non-hydrogen) atoms. The fourth-order valence-corrected chi connectivity index (χ4v) is 4.03. The number of nitrogens with one attached hydrogen (secondary N) is 2. The molecule has 0 bridgehead atoms. The highest BCUT2D eigenvalue weighted by atomic mass is 16.5. The van der Waals surface area contributed by atoms with Gasteiger partial charge in [-0.1, -0.05) is 30.3 Å². The molecule has 1 aromatic carbocycles. The Kier molecular flexibility index (Phi) is 6.13. The summed E-state index contributed by atoms with van der Waals surface area (Å²) in [5.74, 6) is 2.73. The van der Waals surface area contributed by atoms with Gasteiger partial charge in [-0.25, -0.2) is 9.67 Å². The predicted octanol–water partition coefficient (Wildman–Crippen LogP) is 2.32. The van der Waals surface area contributed by atoms with Crippen molar-refractivity contribution in [3.05, 3.63) is 47.5 Å². The molecular formula is C22H32N6O. The van der Waals surface area contributed by atoms with E-state index in [9.17, 15) is 0 Å². The van der Waals surface area contributed by atoms with Crippen molar-refractivity contribution in [1.82, 2.24) is 25.4 Å². The standard InChI is InChI=1S/C22H32N6O/c1-3-23-21(24-16-22(11-12-22)13-17-7-5-4-6-8-17)25-18-9-10-20-26-19(15-29-2)27-28(20)14-18/h4-8,18H,3,9-16H2,1-2H3,(H2,23,24,25). The molecule has 2 aromatic rings. The van der Waals surface area contributed by atoms with E-state index in [0.29, 0.717) is 18.1 Å². The Labute approximate surface area is 173 Å². The summed E-state index contributed by atoms with van der Waals surface area (Å²) in [5, 5.41) is 11.6. The number of nitrogens with zero attached hydrogens (tertiary/aromatic N) is 4. The molecule has 156 valence electrons. The molecule has 2 heterocycles. The van der Waals surface area contributed by atoms with Crippen LogP contribution < -0.4 is 10.6 Å². The fourth-order valence-electron chi connectivity index (χ4n) is 4.03. The van der Waals surface area contributed by atoms with Crippen molar-refractivity contribution in [2.75, 3.05) is 20.2 Å². The van der Waals surface area contributed by atoms with E-state index in [0.717, 1.165) is 56.5 Å². The molecule has 1 atom stereocenters. The van der Waals surface area contributed by atoms with E-state index in [2.05, 4.69) is 58.0 Å². The Bertz CT molecular complexity index is 827. The maximum atomic E-state index is 5.16. The number of aliphatic imine (C=N–C) groups is 1. The maximum absolute atomic E-state index is 5.16. The summed E-state index contributed by atoms with van der Waals surface area (Å²) in [7, 11) is 1.67. The molecule has 7 heteroatoms. The van der Waals surface area contributed by atoms with Crippen molar-refractivity contribution >= 4 is 5.96 Å². The van der Waals surface area contributed by atoms with Crippen LogP contribution in [-0.4, -0.2) is 47.0 Å². The monoisotopic (exact) mass is 396 g/mol. The first kappa shape index (κ1) is 19.9. The molecule has 7 nitrogen and oxygen atoms in total. The second-order valence-corrected chi connectivity index (χ2v) is 8.30. The van der Waals surface area contributed by atoms with Gasteiger partial charge in [0.05, 0.1) is 6.54 Å². The number of benzene rings is 1. The molecular weight excluding hydrogens is 364 g/mol. The van der Waals surface area contributed by atoms with Crippen LogP contribution in [0.15, 0.2) is 35.3 Å². The SMILES string of the molecule is CCNC(=NCC1(Cc2ccccc2)CC1)NC1CCc2nc(COC)nn2C1. The van der Waals surface area contributed by atoms with Gasteiger partial charge in [0, 0.05) is 32.7 Å². The smallest absolute Gasteiger partial charge is 0.191 e. The maximum Gasteiger partial charge on any atom is 0.191 e. The summed E-state index contributed by atoms with van der Waals surface area (Å²) in [6, 6.07) is 11.1. The highest BCUT2D eigenvalue weighted by Gasteiger charge is 2.42. The average Bonchev–Trinajstić information content (AvgIpc) is 3.37. The van der Waals surface area contributed by atoms with Gasteiger partial charge in [-0.2, -0.15) is 5.10 Å². The van der Waals surface area contributed by atoms with Crippen LogP contribution in [0, 0.1) is 5.41 Å². The quantitative estimate of drug-likeness (QED) is 0.529. The lowest BCUT2D eigenvalue weighted by Crippen LogP contribution is -2.47. The summed E-state index contributed by atoms with van der Waals surface area (Å²) in [4.78, 5) is 9.52. The highest BCUT2D eigenvalue weighted by Crippen LogP contribution is 2.48. The van der Waals surface area contributed by atoms with Crippen LogP contribution in [0.1, 0.15) is 43.4 Å². The molecule has 0 spiro atoms. The van der Waals surface area contributed by atoms with E-state index in [-0.39, 0.29) is 0 Å². The molecule has 1 fully saturated rings. The van der Waals surface area contributed by atoms with Crippen LogP contribution in [0.5, 0.6) is 0 Å². The minimum atomic E-state index is 0.307. The van der Waals surface area contributed by atoms with Crippen LogP contribution in [0.25, 0.3) is 0 Å². The van der Waals surface area contributed by atoms with Gasteiger partial charge >= 0.3 is 0 Å². The van der Waals surface area contributed by atoms with Crippen molar-refractivity contribution in [1.29, 1.82) is 0 Å². The number of hydrogen-bond acceptors (Lipinski definition) is 4. The molecule has 0 radical (unpaired) electrons. The number of methoxy groups -OCH3 is 1. The van der Waals surface area contributed by atoms with Crippen molar-refractivity contribution in [2.24, 2.45) is 10.4 Å². The van der Waals surface area contributed by atoms with Gasteiger partial charge in [-0.3, -0.25) is 4.99 Å². The molecule has 1 saturated carbocycles. The van der Waals surface area contributed by atoms with E-state index < -0.39 is 0 Å². The van der Waals surface area contributed by atoms with E-state index >= 15 is 0 Å². The van der Waals surface area contributed by atoms with Crippen LogP contribution in [0.4, 0.5) is 0 Å². The molecule has 1 aromatic heterocycles. The van der Waals surface area contributed by atoms with Crippen LogP contribution in [0.3, 0.4) is 0 Å². The van der Waals surface area contributed by atoms with E-state index in [1.54, 1.807) is 7.11 Å². The van der Waals surface area contributed by atoms with Gasteiger partial charge in [-0.15, -0.1) is 0 Å². The molecule has 0 saturated heterocycles. The third-order valence-electron chi connectivity index (χ3n) is 5.81. The van der Waals surface area contributed by atoms with E-state index in [1.165, 1.54) is 18.4 Å². The minimum absolute atomic E-state index is 0.307. The lowest BCUT2D eigenvalue weighted by atomic mass is 9.97. The number of aryl methyl sites for hydroxylation is 1. The Morgan fingerprint density at radius 3 is 2.86 bits per heavy atom. The van der Waals surface area contributed by atoms with Gasteiger partial charge in [0.2, 0.25) is 0 Å². The third kappa shape index (κ3) is 5.15. The topological polar surface area (TPSA) is 76.4 Å². The third-order valence-corrected chi connectivity index (χ3v) is 5.81. The van der Waals surface area contributed by atoms with Gasteiger partial charge in [0.1, 0.15) is 12.4 Å².